The number of furan rings is 1. The van der Waals surface area contributed by atoms with E-state index in [9.17, 15) is 0 Å². The van der Waals surface area contributed by atoms with Gasteiger partial charge < -0.3 is 14.3 Å². The summed E-state index contributed by atoms with van der Waals surface area (Å²) in [5.74, 6) is 2.52. The maximum Gasteiger partial charge on any atom is 0.204 e. The second-order valence-electron chi connectivity index (χ2n) is 6.96. The van der Waals surface area contributed by atoms with Crippen molar-refractivity contribution in [1.29, 1.82) is 0 Å². The molecule has 26 heavy (non-hydrogen) atoms. The van der Waals surface area contributed by atoms with Crippen molar-refractivity contribution in [3.05, 3.63) is 83.8 Å². The maximum atomic E-state index is 5.45. The molecule has 1 aliphatic carbocycles. The number of hydrogen-bond acceptors (Lipinski definition) is 3. The van der Waals surface area contributed by atoms with Gasteiger partial charge in [-0.2, -0.15) is 0 Å². The van der Waals surface area contributed by atoms with Gasteiger partial charge in [-0.05, 0) is 54.2 Å². The molecular formula is C22H21N3O. The first-order valence-electron chi connectivity index (χ1n) is 9.17. The van der Waals surface area contributed by atoms with E-state index in [2.05, 4.69) is 52.3 Å². The minimum Gasteiger partial charge on any atom is -0.467 e. The van der Waals surface area contributed by atoms with Crippen molar-refractivity contribution < 1.29 is 4.42 Å². The summed E-state index contributed by atoms with van der Waals surface area (Å²) in [7, 11) is 0. The van der Waals surface area contributed by atoms with Gasteiger partial charge in [-0.15, -0.1) is 0 Å². The molecule has 0 spiro atoms. The Hall–Kier alpha value is -3.01. The molecule has 2 heterocycles. The maximum absolute atomic E-state index is 5.45. The first kappa shape index (κ1) is 15.3. The summed E-state index contributed by atoms with van der Waals surface area (Å²) < 4.78 is 7.70. The summed E-state index contributed by atoms with van der Waals surface area (Å²) in [6.45, 7) is 1.42. The summed E-state index contributed by atoms with van der Waals surface area (Å²) >= 11 is 0. The van der Waals surface area contributed by atoms with Gasteiger partial charge in [-0.1, -0.05) is 36.4 Å². The highest BCUT2D eigenvalue weighted by atomic mass is 16.3. The SMILES string of the molecule is c1ccc(Cn2c(NCc3ccco3)nc3cc(C4CC4)ccc32)cc1. The molecule has 0 amide bonds. The van der Waals surface area contributed by atoms with Crippen molar-refractivity contribution in [2.75, 3.05) is 5.32 Å². The first-order chi connectivity index (χ1) is 12.9. The average Bonchev–Trinajstić information content (AvgIpc) is 3.29. The third-order valence-electron chi connectivity index (χ3n) is 5.01. The summed E-state index contributed by atoms with van der Waals surface area (Å²) in [6.07, 6.45) is 4.31. The highest BCUT2D eigenvalue weighted by Crippen LogP contribution is 2.41. The zero-order valence-electron chi connectivity index (χ0n) is 14.6. The number of nitrogens with one attached hydrogen (secondary N) is 1. The van der Waals surface area contributed by atoms with E-state index in [1.807, 2.05) is 18.2 Å². The molecular weight excluding hydrogens is 322 g/mol. The van der Waals surface area contributed by atoms with Crippen LogP contribution in [-0.4, -0.2) is 9.55 Å². The van der Waals surface area contributed by atoms with Crippen LogP contribution in [0, 0.1) is 0 Å². The van der Waals surface area contributed by atoms with Gasteiger partial charge in [-0.25, -0.2) is 4.98 Å². The molecule has 0 unspecified atom stereocenters. The lowest BCUT2D eigenvalue weighted by atomic mass is 10.1. The molecule has 2 aromatic heterocycles. The standard InChI is InChI=1S/C22H21N3O/c1-2-5-16(6-3-1)15-25-21-11-10-18(17-8-9-17)13-20(21)24-22(25)23-14-19-7-4-12-26-19/h1-7,10-13,17H,8-9,14-15H2,(H,23,24). The molecule has 2 aromatic carbocycles. The van der Waals surface area contributed by atoms with Gasteiger partial charge in [0.05, 0.1) is 30.4 Å². The van der Waals surface area contributed by atoms with E-state index < -0.39 is 0 Å². The second-order valence-corrected chi connectivity index (χ2v) is 6.96. The Morgan fingerprint density at radius 1 is 1.04 bits per heavy atom. The van der Waals surface area contributed by atoms with Crippen molar-refractivity contribution in [2.24, 2.45) is 0 Å². The quantitative estimate of drug-likeness (QED) is 0.525. The van der Waals surface area contributed by atoms with Gasteiger partial charge in [0.25, 0.3) is 0 Å². The van der Waals surface area contributed by atoms with Crippen LogP contribution in [0.1, 0.15) is 35.6 Å². The van der Waals surface area contributed by atoms with Crippen LogP contribution in [-0.2, 0) is 13.1 Å². The third kappa shape index (κ3) is 2.99. The molecule has 4 nitrogen and oxygen atoms in total. The fourth-order valence-corrected chi connectivity index (χ4v) is 3.46. The van der Waals surface area contributed by atoms with Crippen LogP contribution < -0.4 is 5.32 Å². The van der Waals surface area contributed by atoms with E-state index in [4.69, 9.17) is 9.40 Å². The summed E-state index contributed by atoms with van der Waals surface area (Å²) in [5.41, 5.74) is 4.91. The smallest absolute Gasteiger partial charge is 0.204 e. The minimum atomic E-state index is 0.626. The van der Waals surface area contributed by atoms with Crippen LogP contribution in [0.2, 0.25) is 0 Å². The highest BCUT2D eigenvalue weighted by Gasteiger charge is 2.24. The number of rotatable bonds is 6. The largest absolute Gasteiger partial charge is 0.467 e. The van der Waals surface area contributed by atoms with Crippen molar-refractivity contribution >= 4 is 17.0 Å². The summed E-state index contributed by atoms with van der Waals surface area (Å²) in [6, 6.07) is 21.1. The van der Waals surface area contributed by atoms with Gasteiger partial charge in [0.1, 0.15) is 5.76 Å². The molecule has 0 radical (unpaired) electrons. The number of anilines is 1. The topological polar surface area (TPSA) is 43.0 Å². The van der Waals surface area contributed by atoms with E-state index in [-0.39, 0.29) is 0 Å². The van der Waals surface area contributed by atoms with E-state index in [1.165, 1.54) is 29.5 Å². The van der Waals surface area contributed by atoms with Crippen molar-refractivity contribution in [2.45, 2.75) is 31.8 Å². The Bertz CT molecular complexity index is 1010. The molecule has 0 saturated heterocycles. The fraction of sp³-hybridized carbons (Fsp3) is 0.227. The van der Waals surface area contributed by atoms with Crippen molar-refractivity contribution in [1.82, 2.24) is 9.55 Å². The van der Waals surface area contributed by atoms with Gasteiger partial charge in [-0.3, -0.25) is 0 Å². The highest BCUT2D eigenvalue weighted by molar-refractivity contribution is 5.80. The molecule has 4 aromatic rings. The molecule has 1 N–H and O–H groups in total. The van der Waals surface area contributed by atoms with Crippen LogP contribution >= 0.6 is 0 Å². The normalized spacial score (nSPS) is 14.0. The zero-order chi connectivity index (χ0) is 17.3. The zero-order valence-corrected chi connectivity index (χ0v) is 14.6. The van der Waals surface area contributed by atoms with Crippen LogP contribution in [0.3, 0.4) is 0 Å². The van der Waals surface area contributed by atoms with E-state index in [0.717, 1.165) is 29.7 Å². The Balaban J connectivity index is 1.52. The Labute approximate surface area is 152 Å². The third-order valence-corrected chi connectivity index (χ3v) is 5.01. The number of imidazole rings is 1. The van der Waals surface area contributed by atoms with Gasteiger partial charge in [0.2, 0.25) is 5.95 Å². The van der Waals surface area contributed by atoms with Gasteiger partial charge in [0, 0.05) is 0 Å². The van der Waals surface area contributed by atoms with Crippen LogP contribution in [0.5, 0.6) is 0 Å². The molecule has 1 aliphatic rings. The second kappa shape index (κ2) is 6.37. The number of benzene rings is 2. The van der Waals surface area contributed by atoms with Crippen molar-refractivity contribution in [3.8, 4) is 0 Å². The monoisotopic (exact) mass is 343 g/mol. The Morgan fingerprint density at radius 3 is 2.69 bits per heavy atom. The summed E-state index contributed by atoms with van der Waals surface area (Å²) in [4.78, 5) is 4.89. The molecule has 0 atom stereocenters. The molecule has 5 rings (SSSR count). The molecule has 1 fully saturated rings. The fourth-order valence-electron chi connectivity index (χ4n) is 3.46. The lowest BCUT2D eigenvalue weighted by Gasteiger charge is -2.10. The average molecular weight is 343 g/mol. The molecule has 130 valence electrons. The number of hydrogen-bond donors (Lipinski definition) is 1. The molecule has 0 bridgehead atoms. The number of aromatic nitrogens is 2. The van der Waals surface area contributed by atoms with E-state index in [1.54, 1.807) is 6.26 Å². The lowest BCUT2D eigenvalue weighted by molar-refractivity contribution is 0.517. The first-order valence-corrected chi connectivity index (χ1v) is 9.17. The van der Waals surface area contributed by atoms with Crippen LogP contribution in [0.4, 0.5) is 5.95 Å². The summed E-state index contributed by atoms with van der Waals surface area (Å²) in [5, 5.41) is 3.45. The van der Waals surface area contributed by atoms with Gasteiger partial charge in [0.15, 0.2) is 0 Å². The predicted molar refractivity (Wildman–Crippen MR) is 103 cm³/mol. The Kier molecular flexibility index (Phi) is 3.74. The predicted octanol–water partition coefficient (Wildman–Crippen LogP) is 5.17. The Morgan fingerprint density at radius 2 is 1.92 bits per heavy atom. The van der Waals surface area contributed by atoms with Crippen LogP contribution in [0.15, 0.2) is 71.3 Å². The molecule has 0 aliphatic heterocycles. The lowest BCUT2D eigenvalue weighted by Crippen LogP contribution is -2.08. The van der Waals surface area contributed by atoms with Crippen molar-refractivity contribution in [3.63, 3.8) is 0 Å². The van der Waals surface area contributed by atoms with Gasteiger partial charge >= 0.3 is 0 Å². The number of nitrogens with zero attached hydrogens (tertiary/aromatic N) is 2. The minimum absolute atomic E-state index is 0.626. The molecule has 1 saturated carbocycles. The van der Waals surface area contributed by atoms with Crippen LogP contribution in [0.25, 0.3) is 11.0 Å². The van der Waals surface area contributed by atoms with E-state index in [0.29, 0.717) is 6.54 Å². The molecule has 4 heteroatoms. The number of fused-ring (bicyclic) bond motifs is 1. The van der Waals surface area contributed by atoms with E-state index >= 15 is 0 Å².